The second-order valence-electron chi connectivity index (χ2n) is 8.86. The second-order valence-corrected chi connectivity index (χ2v) is 10.7. The Morgan fingerprint density at radius 1 is 1.27 bits per heavy atom. The Morgan fingerprint density at radius 3 is 2.67 bits per heavy atom. The third kappa shape index (κ3) is 5.56. The van der Waals surface area contributed by atoms with E-state index >= 15 is 0 Å². The van der Waals surface area contributed by atoms with Crippen LogP contribution in [-0.4, -0.2) is 68.2 Å². The smallest absolute Gasteiger partial charge is 0.247 e. The van der Waals surface area contributed by atoms with E-state index in [0.717, 1.165) is 24.1 Å². The van der Waals surface area contributed by atoms with E-state index in [2.05, 4.69) is 17.9 Å². The number of hydrogen-bond acceptors (Lipinski definition) is 6. The molecule has 8 heteroatoms. The van der Waals surface area contributed by atoms with Gasteiger partial charge in [0.15, 0.2) is 0 Å². The Labute approximate surface area is 197 Å². The summed E-state index contributed by atoms with van der Waals surface area (Å²) in [6.07, 6.45) is 0.778. The molecule has 7 nitrogen and oxygen atoms in total. The summed E-state index contributed by atoms with van der Waals surface area (Å²) >= 11 is 0. The molecule has 3 atom stereocenters. The second kappa shape index (κ2) is 10.7. The molecule has 0 unspecified atom stereocenters. The van der Waals surface area contributed by atoms with Crippen LogP contribution in [0.5, 0.6) is 5.75 Å². The molecule has 2 aromatic carbocycles. The number of ether oxygens (including phenoxy) is 1. The lowest BCUT2D eigenvalue weighted by Crippen LogP contribution is -2.49. The summed E-state index contributed by atoms with van der Waals surface area (Å²) in [6.45, 7) is 7.39. The van der Waals surface area contributed by atoms with Crippen LogP contribution in [0.3, 0.4) is 0 Å². The highest BCUT2D eigenvalue weighted by molar-refractivity contribution is 7.89. The summed E-state index contributed by atoms with van der Waals surface area (Å²) in [5.74, 6) is 0.207. The topological polar surface area (TPSA) is 93.9 Å². The first-order valence-corrected chi connectivity index (χ1v) is 12.8. The van der Waals surface area contributed by atoms with Crippen LogP contribution >= 0.6 is 0 Å². The maximum atomic E-state index is 13.6. The summed E-state index contributed by atoms with van der Waals surface area (Å²) < 4.78 is 35.0. The van der Waals surface area contributed by atoms with E-state index < -0.39 is 16.1 Å². The van der Waals surface area contributed by atoms with Gasteiger partial charge in [0.2, 0.25) is 10.0 Å². The minimum absolute atomic E-state index is 0.0909. The van der Waals surface area contributed by atoms with Crippen LogP contribution in [0.2, 0.25) is 0 Å². The molecule has 0 radical (unpaired) electrons. The normalized spacial score (nSPS) is 21.4. The van der Waals surface area contributed by atoms with Crippen molar-refractivity contribution < 1.29 is 18.3 Å². The Hall–Kier alpha value is -2.44. The number of nitriles is 1. The van der Waals surface area contributed by atoms with Crippen LogP contribution in [0.1, 0.15) is 32.8 Å². The van der Waals surface area contributed by atoms with Crippen LogP contribution < -0.4 is 4.74 Å². The summed E-state index contributed by atoms with van der Waals surface area (Å²) in [5.41, 5.74) is 2.12. The molecule has 0 amide bonds. The van der Waals surface area contributed by atoms with E-state index in [1.807, 2.05) is 20.0 Å². The number of aliphatic hydroxyl groups is 1. The average Bonchev–Trinajstić information content (AvgIpc) is 2.80. The summed E-state index contributed by atoms with van der Waals surface area (Å²) in [7, 11) is -1.84. The quantitative estimate of drug-likeness (QED) is 0.666. The molecule has 0 bridgehead atoms. The number of likely N-dealkylation sites (N-methyl/N-ethyl adjacent to an activating group) is 1. The van der Waals surface area contributed by atoms with Crippen LogP contribution in [0.25, 0.3) is 11.1 Å². The van der Waals surface area contributed by atoms with Crippen molar-refractivity contribution in [1.29, 1.82) is 5.26 Å². The molecule has 0 saturated carbocycles. The third-order valence-corrected chi connectivity index (χ3v) is 8.11. The van der Waals surface area contributed by atoms with Crippen molar-refractivity contribution in [1.82, 2.24) is 9.21 Å². The van der Waals surface area contributed by atoms with E-state index in [-0.39, 0.29) is 30.1 Å². The van der Waals surface area contributed by atoms with Crippen molar-refractivity contribution in [3.63, 3.8) is 0 Å². The van der Waals surface area contributed by atoms with E-state index in [1.165, 1.54) is 4.31 Å². The molecule has 0 aromatic heterocycles. The van der Waals surface area contributed by atoms with Crippen molar-refractivity contribution >= 4 is 10.0 Å². The monoisotopic (exact) mass is 471 g/mol. The Kier molecular flexibility index (Phi) is 8.14. The highest BCUT2D eigenvalue weighted by Gasteiger charge is 2.38. The van der Waals surface area contributed by atoms with Crippen molar-refractivity contribution in [3.05, 3.63) is 48.0 Å². The van der Waals surface area contributed by atoms with E-state index in [0.29, 0.717) is 17.9 Å². The summed E-state index contributed by atoms with van der Waals surface area (Å²) in [4.78, 5) is 2.29. The lowest BCUT2D eigenvalue weighted by Gasteiger charge is -2.37. The molecule has 1 aliphatic rings. The Morgan fingerprint density at radius 2 is 2.00 bits per heavy atom. The first kappa shape index (κ1) is 25.2. The molecule has 33 heavy (non-hydrogen) atoms. The number of nitrogens with zero attached hydrogens (tertiary/aromatic N) is 3. The zero-order valence-corrected chi connectivity index (χ0v) is 20.5. The molecule has 0 spiro atoms. The van der Waals surface area contributed by atoms with E-state index in [4.69, 9.17) is 4.74 Å². The largest absolute Gasteiger partial charge is 0.487 e. The van der Waals surface area contributed by atoms with Gasteiger partial charge in [-0.05, 0) is 62.3 Å². The zero-order valence-electron chi connectivity index (χ0n) is 19.7. The zero-order chi connectivity index (χ0) is 24.2. The molecule has 178 valence electrons. The van der Waals surface area contributed by atoms with Crippen molar-refractivity contribution in [2.24, 2.45) is 5.92 Å². The van der Waals surface area contributed by atoms with Crippen molar-refractivity contribution in [2.45, 2.75) is 44.2 Å². The van der Waals surface area contributed by atoms with Gasteiger partial charge in [-0.2, -0.15) is 9.57 Å². The van der Waals surface area contributed by atoms with Gasteiger partial charge in [-0.15, -0.1) is 0 Å². The van der Waals surface area contributed by atoms with Gasteiger partial charge in [-0.1, -0.05) is 32.0 Å². The number of aliphatic hydroxyl groups excluding tert-OH is 1. The van der Waals surface area contributed by atoms with Gasteiger partial charge in [0.25, 0.3) is 0 Å². The van der Waals surface area contributed by atoms with Crippen LogP contribution in [0, 0.1) is 17.2 Å². The molecule has 0 saturated heterocycles. The molecule has 2 aromatic rings. The average molecular weight is 472 g/mol. The predicted octanol–water partition coefficient (Wildman–Crippen LogP) is 3.34. The van der Waals surface area contributed by atoms with E-state index in [1.54, 1.807) is 43.3 Å². The van der Waals surface area contributed by atoms with Crippen molar-refractivity contribution in [3.8, 4) is 22.9 Å². The fraction of sp³-hybridized carbons (Fsp3) is 0.480. The number of fused-ring (bicyclic) bond motifs is 1. The lowest BCUT2D eigenvalue weighted by molar-refractivity contribution is 0.0753. The fourth-order valence-electron chi connectivity index (χ4n) is 4.17. The van der Waals surface area contributed by atoms with Gasteiger partial charge in [0.1, 0.15) is 16.7 Å². The first-order valence-electron chi connectivity index (χ1n) is 11.3. The standard InChI is InChI=1S/C25H33N3O4S/c1-5-11-27(4)16-24-18(2)15-28(19(3)17-29)33(30,31)25-10-9-22(13-23(25)32-24)21-8-6-7-20(12-21)14-26/h6-10,12-13,18-19,24,29H,5,11,15-17H2,1-4H3/t18-,19-,24-/m0/s1. The van der Waals surface area contributed by atoms with Crippen LogP contribution in [0.15, 0.2) is 47.4 Å². The fourth-order valence-corrected chi connectivity index (χ4v) is 6.00. The number of hydrogen-bond donors (Lipinski definition) is 1. The molecule has 3 rings (SSSR count). The maximum absolute atomic E-state index is 13.6. The van der Waals surface area contributed by atoms with Crippen LogP contribution in [0.4, 0.5) is 0 Å². The van der Waals surface area contributed by atoms with Gasteiger partial charge < -0.3 is 14.7 Å². The maximum Gasteiger partial charge on any atom is 0.247 e. The number of sulfonamides is 1. The minimum atomic E-state index is -3.88. The highest BCUT2D eigenvalue weighted by Crippen LogP contribution is 2.36. The Balaban J connectivity index is 2.12. The van der Waals surface area contributed by atoms with Gasteiger partial charge in [0.05, 0.1) is 18.2 Å². The molecule has 0 fully saturated rings. The summed E-state index contributed by atoms with van der Waals surface area (Å²) in [6, 6.07) is 13.8. The Bertz CT molecular complexity index is 1110. The number of rotatable bonds is 7. The van der Waals surface area contributed by atoms with Crippen molar-refractivity contribution in [2.75, 3.05) is 33.3 Å². The van der Waals surface area contributed by atoms with Gasteiger partial charge in [-0.3, -0.25) is 0 Å². The van der Waals surface area contributed by atoms with Gasteiger partial charge >= 0.3 is 0 Å². The summed E-state index contributed by atoms with van der Waals surface area (Å²) in [5, 5.41) is 19.0. The minimum Gasteiger partial charge on any atom is -0.487 e. The molecule has 1 N–H and O–H groups in total. The molecule has 1 heterocycles. The van der Waals surface area contributed by atoms with E-state index in [9.17, 15) is 18.8 Å². The molecular weight excluding hydrogens is 438 g/mol. The van der Waals surface area contributed by atoms with Gasteiger partial charge in [-0.25, -0.2) is 8.42 Å². The number of benzene rings is 2. The highest BCUT2D eigenvalue weighted by atomic mass is 32.2. The third-order valence-electron chi connectivity index (χ3n) is 6.09. The predicted molar refractivity (Wildman–Crippen MR) is 128 cm³/mol. The molecular formula is C25H33N3O4S. The SMILES string of the molecule is CCCN(C)C[C@@H]1Oc2cc(-c3cccc(C#N)c3)ccc2S(=O)(=O)N([C@@H](C)CO)C[C@@H]1C. The lowest BCUT2D eigenvalue weighted by atomic mass is 10.0. The molecule has 0 aliphatic carbocycles. The van der Waals surface area contributed by atoms with Gasteiger partial charge in [0, 0.05) is 25.0 Å². The van der Waals surface area contributed by atoms with Crippen LogP contribution in [-0.2, 0) is 10.0 Å². The first-order chi connectivity index (χ1) is 15.7. The molecule has 1 aliphatic heterocycles.